The van der Waals surface area contributed by atoms with E-state index in [2.05, 4.69) is 16.2 Å². The summed E-state index contributed by atoms with van der Waals surface area (Å²) in [5, 5.41) is 13.2. The summed E-state index contributed by atoms with van der Waals surface area (Å²) in [7, 11) is 0. The highest BCUT2D eigenvalue weighted by molar-refractivity contribution is 5.94. The molecule has 1 heterocycles. The van der Waals surface area contributed by atoms with Crippen LogP contribution in [-0.4, -0.2) is 21.2 Å². The fourth-order valence-corrected chi connectivity index (χ4v) is 2.41. The molecule has 2 aromatic carbocycles. The molecule has 5 nitrogen and oxygen atoms in total. The van der Waals surface area contributed by atoms with Crippen molar-refractivity contribution in [3.05, 3.63) is 59.2 Å². The molecule has 0 aliphatic carbocycles. The molecule has 110 valence electrons. The van der Waals surface area contributed by atoms with Gasteiger partial charge in [-0.1, -0.05) is 34.5 Å². The third-order valence-corrected chi connectivity index (χ3v) is 3.29. The number of carboxylic acid groups (broad SMARTS) is 1. The lowest BCUT2D eigenvalue weighted by Gasteiger charge is -2.00. The van der Waals surface area contributed by atoms with Crippen LogP contribution >= 0.6 is 0 Å². The highest BCUT2D eigenvalue weighted by Crippen LogP contribution is 2.26. The van der Waals surface area contributed by atoms with Gasteiger partial charge < -0.3 is 9.63 Å². The Hall–Kier alpha value is -2.95. The Morgan fingerprint density at radius 3 is 2.45 bits per heavy atom. The molecular formula is C17H14N2O3. The Morgan fingerprint density at radius 2 is 1.77 bits per heavy atom. The number of hydrogen-bond donors (Lipinski definition) is 1. The number of carboxylic acids is 1. The summed E-state index contributed by atoms with van der Waals surface area (Å²) in [5.74, 6) is -0.379. The maximum absolute atomic E-state index is 11.3. The van der Waals surface area contributed by atoms with Gasteiger partial charge in [-0.3, -0.25) is 0 Å². The lowest BCUT2D eigenvalue weighted by Crippen LogP contribution is -1.99. The van der Waals surface area contributed by atoms with Crippen molar-refractivity contribution in [1.29, 1.82) is 0 Å². The third kappa shape index (κ3) is 2.61. The van der Waals surface area contributed by atoms with Crippen molar-refractivity contribution in [1.82, 2.24) is 10.1 Å². The normalized spacial score (nSPS) is 10.6. The number of benzene rings is 2. The average Bonchev–Trinajstić information content (AvgIpc) is 2.96. The van der Waals surface area contributed by atoms with Gasteiger partial charge in [0.1, 0.15) is 0 Å². The van der Waals surface area contributed by atoms with Crippen molar-refractivity contribution in [3.8, 4) is 22.8 Å². The standard InChI is InChI=1S/C17H14N2O3/c1-10-7-11(2)9-12(8-10)15-18-16(22-19-15)13-5-3-4-6-14(13)17(20)21/h3-9H,1-2H3,(H,20,21). The summed E-state index contributed by atoms with van der Waals surface area (Å²) in [5.41, 5.74) is 3.61. The van der Waals surface area contributed by atoms with Gasteiger partial charge in [0.2, 0.25) is 5.82 Å². The molecule has 0 radical (unpaired) electrons. The number of aromatic nitrogens is 2. The molecule has 5 heteroatoms. The van der Waals surface area contributed by atoms with Gasteiger partial charge >= 0.3 is 5.97 Å². The molecule has 1 aromatic heterocycles. The van der Waals surface area contributed by atoms with Crippen LogP contribution in [0.2, 0.25) is 0 Å². The van der Waals surface area contributed by atoms with Crippen molar-refractivity contribution in [3.63, 3.8) is 0 Å². The van der Waals surface area contributed by atoms with E-state index in [0.717, 1.165) is 16.7 Å². The zero-order chi connectivity index (χ0) is 15.7. The fraction of sp³-hybridized carbons (Fsp3) is 0.118. The first-order valence-corrected chi connectivity index (χ1v) is 6.79. The second-order valence-corrected chi connectivity index (χ2v) is 5.15. The maximum Gasteiger partial charge on any atom is 0.336 e. The van der Waals surface area contributed by atoms with Gasteiger partial charge in [0, 0.05) is 5.56 Å². The summed E-state index contributed by atoms with van der Waals surface area (Å²) in [6.45, 7) is 3.99. The Labute approximate surface area is 127 Å². The van der Waals surface area contributed by atoms with Crippen LogP contribution in [0.15, 0.2) is 47.0 Å². The van der Waals surface area contributed by atoms with Crippen LogP contribution in [0.25, 0.3) is 22.8 Å². The van der Waals surface area contributed by atoms with E-state index in [0.29, 0.717) is 11.4 Å². The molecule has 0 aliphatic rings. The predicted molar refractivity (Wildman–Crippen MR) is 81.6 cm³/mol. The molecule has 3 aromatic rings. The molecule has 0 amide bonds. The molecular weight excluding hydrogens is 280 g/mol. The molecule has 0 saturated carbocycles. The number of aromatic carboxylic acids is 1. The zero-order valence-corrected chi connectivity index (χ0v) is 12.2. The Balaban J connectivity index is 2.06. The second kappa shape index (κ2) is 5.44. The zero-order valence-electron chi connectivity index (χ0n) is 12.2. The Bertz CT molecular complexity index is 832. The lowest BCUT2D eigenvalue weighted by atomic mass is 10.1. The molecule has 0 saturated heterocycles. The van der Waals surface area contributed by atoms with Gasteiger partial charge in [-0.15, -0.1) is 0 Å². The maximum atomic E-state index is 11.3. The summed E-state index contributed by atoms with van der Waals surface area (Å²) in [4.78, 5) is 15.6. The van der Waals surface area contributed by atoms with Crippen molar-refractivity contribution in [2.45, 2.75) is 13.8 Å². The first-order chi connectivity index (χ1) is 10.5. The summed E-state index contributed by atoms with van der Waals surface area (Å²) in [6.07, 6.45) is 0. The minimum atomic E-state index is -1.03. The first-order valence-electron chi connectivity index (χ1n) is 6.79. The van der Waals surface area contributed by atoms with Crippen LogP contribution in [0, 0.1) is 13.8 Å². The van der Waals surface area contributed by atoms with Crippen molar-refractivity contribution >= 4 is 5.97 Å². The summed E-state index contributed by atoms with van der Waals surface area (Å²) >= 11 is 0. The minimum absolute atomic E-state index is 0.137. The van der Waals surface area contributed by atoms with Crippen molar-refractivity contribution in [2.75, 3.05) is 0 Å². The lowest BCUT2D eigenvalue weighted by molar-refractivity contribution is 0.0697. The van der Waals surface area contributed by atoms with Crippen LogP contribution < -0.4 is 0 Å². The van der Waals surface area contributed by atoms with Gasteiger partial charge in [-0.2, -0.15) is 4.98 Å². The molecule has 0 spiro atoms. The van der Waals surface area contributed by atoms with E-state index in [4.69, 9.17) is 4.52 Å². The largest absolute Gasteiger partial charge is 0.478 e. The van der Waals surface area contributed by atoms with E-state index in [1.807, 2.05) is 26.0 Å². The summed E-state index contributed by atoms with van der Waals surface area (Å²) < 4.78 is 5.25. The topological polar surface area (TPSA) is 76.2 Å². The molecule has 3 rings (SSSR count). The highest BCUT2D eigenvalue weighted by atomic mass is 16.5. The molecule has 0 aliphatic heterocycles. The predicted octanol–water partition coefficient (Wildman–Crippen LogP) is 3.72. The monoisotopic (exact) mass is 294 g/mol. The van der Waals surface area contributed by atoms with Gasteiger partial charge in [-0.05, 0) is 38.1 Å². The Kier molecular flexibility index (Phi) is 3.47. The van der Waals surface area contributed by atoms with E-state index in [9.17, 15) is 9.90 Å². The number of nitrogens with zero attached hydrogens (tertiary/aromatic N) is 2. The van der Waals surface area contributed by atoms with Crippen LogP contribution in [0.3, 0.4) is 0 Å². The van der Waals surface area contributed by atoms with Crippen molar-refractivity contribution in [2.24, 2.45) is 0 Å². The SMILES string of the molecule is Cc1cc(C)cc(-c2noc(-c3ccccc3C(=O)O)n2)c1. The second-order valence-electron chi connectivity index (χ2n) is 5.15. The summed E-state index contributed by atoms with van der Waals surface area (Å²) in [6, 6.07) is 12.6. The fourth-order valence-electron chi connectivity index (χ4n) is 2.41. The van der Waals surface area contributed by atoms with Gasteiger partial charge in [-0.25, -0.2) is 4.79 Å². The van der Waals surface area contributed by atoms with Crippen LogP contribution in [-0.2, 0) is 0 Å². The van der Waals surface area contributed by atoms with Gasteiger partial charge in [0.25, 0.3) is 5.89 Å². The number of hydrogen-bond acceptors (Lipinski definition) is 4. The first kappa shape index (κ1) is 14.0. The van der Waals surface area contributed by atoms with E-state index >= 15 is 0 Å². The van der Waals surface area contributed by atoms with Crippen LogP contribution in [0.4, 0.5) is 0 Å². The minimum Gasteiger partial charge on any atom is -0.478 e. The highest BCUT2D eigenvalue weighted by Gasteiger charge is 2.17. The van der Waals surface area contributed by atoms with E-state index in [1.54, 1.807) is 18.2 Å². The molecule has 0 bridgehead atoms. The molecule has 0 atom stereocenters. The number of carbonyl (C=O) groups is 1. The Morgan fingerprint density at radius 1 is 1.09 bits per heavy atom. The smallest absolute Gasteiger partial charge is 0.336 e. The number of rotatable bonds is 3. The average molecular weight is 294 g/mol. The van der Waals surface area contributed by atoms with Crippen molar-refractivity contribution < 1.29 is 14.4 Å². The quantitative estimate of drug-likeness (QED) is 0.796. The third-order valence-electron chi connectivity index (χ3n) is 3.29. The molecule has 0 unspecified atom stereocenters. The number of aryl methyl sites for hydroxylation is 2. The van der Waals surface area contributed by atoms with Crippen LogP contribution in [0.5, 0.6) is 0 Å². The van der Waals surface area contributed by atoms with E-state index < -0.39 is 5.97 Å². The molecule has 1 N–H and O–H groups in total. The molecule has 0 fully saturated rings. The van der Waals surface area contributed by atoms with E-state index in [1.165, 1.54) is 6.07 Å². The van der Waals surface area contributed by atoms with Gasteiger partial charge in [0.05, 0.1) is 11.1 Å². The van der Waals surface area contributed by atoms with Gasteiger partial charge in [0.15, 0.2) is 0 Å². The van der Waals surface area contributed by atoms with Crippen LogP contribution in [0.1, 0.15) is 21.5 Å². The molecule has 22 heavy (non-hydrogen) atoms. The van der Waals surface area contributed by atoms with E-state index in [-0.39, 0.29) is 11.5 Å².